The number of carbonyl (C=O) groups excluding carboxylic acids is 2. The third-order valence-electron chi connectivity index (χ3n) is 3.80. The van der Waals surface area contributed by atoms with Crippen LogP contribution in [-0.4, -0.2) is 18.9 Å². The Morgan fingerprint density at radius 1 is 1.42 bits per heavy atom. The van der Waals surface area contributed by atoms with Gasteiger partial charge in [-0.25, -0.2) is 0 Å². The van der Waals surface area contributed by atoms with Gasteiger partial charge in [0, 0.05) is 5.56 Å². The summed E-state index contributed by atoms with van der Waals surface area (Å²) < 4.78 is 4.88. The molecule has 0 aromatic heterocycles. The Morgan fingerprint density at radius 3 is 2.84 bits per heavy atom. The van der Waals surface area contributed by atoms with Crippen LogP contribution in [0.15, 0.2) is 36.4 Å². The van der Waals surface area contributed by atoms with Gasteiger partial charge < -0.3 is 4.74 Å². The van der Waals surface area contributed by atoms with E-state index in [1.54, 1.807) is 6.07 Å². The van der Waals surface area contributed by atoms with Crippen molar-refractivity contribution >= 4 is 11.8 Å². The predicted octanol–water partition coefficient (Wildman–Crippen LogP) is 2.94. The normalized spacial score (nSPS) is 22.3. The summed E-state index contributed by atoms with van der Waals surface area (Å²) in [5.41, 5.74) is 0.631. The molecule has 1 aromatic carbocycles. The Hall–Kier alpha value is -1.90. The molecule has 3 nitrogen and oxygen atoms in total. The molecular weight excluding hydrogens is 240 g/mol. The van der Waals surface area contributed by atoms with Gasteiger partial charge in [-0.1, -0.05) is 36.4 Å². The van der Waals surface area contributed by atoms with Gasteiger partial charge in [0.1, 0.15) is 5.41 Å². The van der Waals surface area contributed by atoms with E-state index in [9.17, 15) is 9.59 Å². The van der Waals surface area contributed by atoms with Gasteiger partial charge in [-0.05, 0) is 31.7 Å². The molecule has 1 aliphatic carbocycles. The number of allylic oxidation sites excluding steroid dienone is 2. The fourth-order valence-corrected chi connectivity index (χ4v) is 2.67. The van der Waals surface area contributed by atoms with Gasteiger partial charge in [-0.3, -0.25) is 9.59 Å². The molecule has 0 spiro atoms. The van der Waals surface area contributed by atoms with E-state index in [4.69, 9.17) is 4.74 Å². The van der Waals surface area contributed by atoms with Crippen LogP contribution in [0.4, 0.5) is 0 Å². The maximum atomic E-state index is 12.7. The number of aryl methyl sites for hydroxylation is 1. The molecule has 0 heterocycles. The van der Waals surface area contributed by atoms with Gasteiger partial charge in [-0.2, -0.15) is 0 Å². The average Bonchev–Trinajstić information content (AvgIpc) is 2.46. The quantitative estimate of drug-likeness (QED) is 0.475. The average molecular weight is 258 g/mol. The fourth-order valence-electron chi connectivity index (χ4n) is 2.67. The van der Waals surface area contributed by atoms with Gasteiger partial charge in [-0.15, -0.1) is 0 Å². The summed E-state index contributed by atoms with van der Waals surface area (Å²) in [7, 11) is 1.34. The Bertz CT molecular complexity index is 531. The van der Waals surface area contributed by atoms with Gasteiger partial charge in [0.2, 0.25) is 0 Å². The molecule has 1 unspecified atom stereocenters. The second kappa shape index (κ2) is 5.39. The first-order chi connectivity index (χ1) is 9.15. The van der Waals surface area contributed by atoms with Crippen LogP contribution in [-0.2, 0) is 16.0 Å². The maximum absolute atomic E-state index is 12.7. The minimum Gasteiger partial charge on any atom is -0.468 e. The fraction of sp³-hybridized carbons (Fsp3) is 0.375. The van der Waals surface area contributed by atoms with E-state index in [1.807, 2.05) is 37.3 Å². The number of fused-ring (bicyclic) bond motifs is 1. The third-order valence-corrected chi connectivity index (χ3v) is 3.80. The predicted molar refractivity (Wildman–Crippen MR) is 73.0 cm³/mol. The van der Waals surface area contributed by atoms with Crippen LogP contribution in [0.25, 0.3) is 0 Å². The molecule has 2 rings (SSSR count). The molecule has 0 N–H and O–H groups in total. The zero-order chi connectivity index (χ0) is 13.9. The lowest BCUT2D eigenvalue weighted by molar-refractivity contribution is -0.150. The molecule has 0 fully saturated rings. The molecular formula is C16H18O3. The zero-order valence-corrected chi connectivity index (χ0v) is 11.3. The maximum Gasteiger partial charge on any atom is 0.320 e. The highest BCUT2D eigenvalue weighted by Gasteiger charge is 2.48. The molecule has 19 heavy (non-hydrogen) atoms. The Labute approximate surface area is 113 Å². The van der Waals surface area contributed by atoms with Crippen LogP contribution in [0.2, 0.25) is 0 Å². The minimum absolute atomic E-state index is 0.112. The molecule has 1 aliphatic rings. The standard InChI is InChI=1S/C16H18O3/c1-3-4-10-16(15(18)19-2)11-9-12-7-5-6-8-13(12)14(16)17/h3-8H,9-11H2,1-2H3/b4-3+. The van der Waals surface area contributed by atoms with Gasteiger partial charge in [0.25, 0.3) is 0 Å². The van der Waals surface area contributed by atoms with E-state index in [1.165, 1.54) is 7.11 Å². The van der Waals surface area contributed by atoms with E-state index in [0.29, 0.717) is 18.4 Å². The summed E-state index contributed by atoms with van der Waals surface area (Å²) in [6.45, 7) is 1.88. The second-order valence-corrected chi connectivity index (χ2v) is 4.83. The summed E-state index contributed by atoms with van der Waals surface area (Å²) in [5, 5.41) is 0. The molecule has 0 amide bonds. The number of rotatable bonds is 3. The van der Waals surface area contributed by atoms with Crippen molar-refractivity contribution in [2.24, 2.45) is 5.41 Å². The van der Waals surface area contributed by atoms with Crippen LogP contribution in [0.5, 0.6) is 0 Å². The molecule has 0 radical (unpaired) electrons. The van der Waals surface area contributed by atoms with Crippen molar-refractivity contribution in [3.05, 3.63) is 47.5 Å². The summed E-state index contributed by atoms with van der Waals surface area (Å²) in [5.74, 6) is -0.538. The number of ether oxygens (including phenoxy) is 1. The lowest BCUT2D eigenvalue weighted by Crippen LogP contribution is -2.43. The van der Waals surface area contributed by atoms with E-state index in [2.05, 4.69) is 0 Å². The second-order valence-electron chi connectivity index (χ2n) is 4.83. The minimum atomic E-state index is -1.05. The number of ketones is 1. The van der Waals surface area contributed by atoms with E-state index < -0.39 is 11.4 Å². The lowest BCUT2D eigenvalue weighted by Gasteiger charge is -2.33. The molecule has 0 aliphatic heterocycles. The van der Waals surface area contributed by atoms with Crippen molar-refractivity contribution in [1.82, 2.24) is 0 Å². The largest absolute Gasteiger partial charge is 0.468 e. The monoisotopic (exact) mass is 258 g/mol. The SMILES string of the molecule is C/C=C/CC1(C(=O)OC)CCc2ccccc2C1=O. The number of Topliss-reactive ketones (excluding diaryl/α,β-unsaturated/α-hetero) is 1. The van der Waals surface area contributed by atoms with E-state index in [0.717, 1.165) is 12.0 Å². The topological polar surface area (TPSA) is 43.4 Å². The number of hydrogen-bond donors (Lipinski definition) is 0. The highest BCUT2D eigenvalue weighted by molar-refractivity contribution is 6.14. The summed E-state index contributed by atoms with van der Waals surface area (Å²) in [6, 6.07) is 7.50. The Balaban J connectivity index is 2.47. The first-order valence-electron chi connectivity index (χ1n) is 6.48. The number of hydrogen-bond acceptors (Lipinski definition) is 3. The molecule has 0 bridgehead atoms. The number of methoxy groups -OCH3 is 1. The van der Waals surface area contributed by atoms with Crippen molar-refractivity contribution in [1.29, 1.82) is 0 Å². The van der Waals surface area contributed by atoms with E-state index >= 15 is 0 Å². The van der Waals surface area contributed by atoms with Gasteiger partial charge in [0.15, 0.2) is 5.78 Å². The van der Waals surface area contributed by atoms with Crippen molar-refractivity contribution in [3.8, 4) is 0 Å². The molecule has 0 saturated carbocycles. The number of esters is 1. The summed E-state index contributed by atoms with van der Waals surface area (Å²) in [6.07, 6.45) is 5.37. The first-order valence-corrected chi connectivity index (χ1v) is 6.48. The Kier molecular flexibility index (Phi) is 3.84. The number of carbonyl (C=O) groups is 2. The molecule has 1 aromatic rings. The smallest absolute Gasteiger partial charge is 0.320 e. The lowest BCUT2D eigenvalue weighted by atomic mass is 9.68. The first kappa shape index (κ1) is 13.5. The summed E-state index contributed by atoms with van der Waals surface area (Å²) >= 11 is 0. The van der Waals surface area contributed by atoms with Crippen molar-refractivity contribution < 1.29 is 14.3 Å². The highest BCUT2D eigenvalue weighted by atomic mass is 16.5. The zero-order valence-electron chi connectivity index (χ0n) is 11.3. The van der Waals surface area contributed by atoms with Crippen molar-refractivity contribution in [2.45, 2.75) is 26.2 Å². The van der Waals surface area contributed by atoms with Gasteiger partial charge >= 0.3 is 5.97 Å². The molecule has 100 valence electrons. The third kappa shape index (κ3) is 2.21. The van der Waals surface area contributed by atoms with Crippen LogP contribution >= 0.6 is 0 Å². The van der Waals surface area contributed by atoms with Crippen molar-refractivity contribution in [3.63, 3.8) is 0 Å². The van der Waals surface area contributed by atoms with Crippen molar-refractivity contribution in [2.75, 3.05) is 7.11 Å². The Morgan fingerprint density at radius 2 is 2.16 bits per heavy atom. The van der Waals surface area contributed by atoms with Crippen LogP contribution in [0.3, 0.4) is 0 Å². The highest BCUT2D eigenvalue weighted by Crippen LogP contribution is 2.39. The molecule has 1 atom stereocenters. The molecule has 3 heteroatoms. The van der Waals surface area contributed by atoms with Gasteiger partial charge in [0.05, 0.1) is 7.11 Å². The van der Waals surface area contributed by atoms with E-state index in [-0.39, 0.29) is 5.78 Å². The van der Waals surface area contributed by atoms with Crippen LogP contribution in [0, 0.1) is 5.41 Å². The molecule has 0 saturated heterocycles. The van der Waals surface area contributed by atoms with Crippen LogP contribution in [0.1, 0.15) is 35.7 Å². The summed E-state index contributed by atoms with van der Waals surface area (Å²) in [4.78, 5) is 24.8. The van der Waals surface area contributed by atoms with Crippen LogP contribution < -0.4 is 0 Å². The number of benzene rings is 1.